The van der Waals surface area contributed by atoms with E-state index >= 15 is 0 Å². The van der Waals surface area contributed by atoms with Gasteiger partial charge in [0.25, 0.3) is 5.91 Å². The Morgan fingerprint density at radius 1 is 1.26 bits per heavy atom. The number of ether oxygens (including phenoxy) is 2. The fraction of sp³-hybridized carbons (Fsp3) is 0.235. The molecule has 0 spiro atoms. The highest BCUT2D eigenvalue weighted by molar-refractivity contribution is 6.33. The Balaban J connectivity index is 2.06. The van der Waals surface area contributed by atoms with Crippen molar-refractivity contribution in [2.24, 2.45) is 0 Å². The topological polar surface area (TPSA) is 47.6 Å². The number of amides is 1. The molecule has 0 saturated carbocycles. The van der Waals surface area contributed by atoms with Crippen LogP contribution in [0.5, 0.6) is 5.75 Å². The van der Waals surface area contributed by atoms with E-state index in [2.05, 4.69) is 5.32 Å². The van der Waals surface area contributed by atoms with Gasteiger partial charge in [-0.3, -0.25) is 4.79 Å². The zero-order valence-electron chi connectivity index (χ0n) is 12.8. The minimum absolute atomic E-state index is 0.0675. The molecule has 0 unspecified atom stereocenters. The summed E-state index contributed by atoms with van der Waals surface area (Å²) in [5.74, 6) is -0.171. The van der Waals surface area contributed by atoms with Crippen LogP contribution in [-0.4, -0.2) is 26.7 Å². The van der Waals surface area contributed by atoms with E-state index in [9.17, 15) is 9.18 Å². The van der Waals surface area contributed by atoms with Gasteiger partial charge >= 0.3 is 0 Å². The molecule has 0 bridgehead atoms. The van der Waals surface area contributed by atoms with E-state index in [1.807, 2.05) is 24.3 Å². The molecule has 0 aromatic heterocycles. The first kappa shape index (κ1) is 17.2. The van der Waals surface area contributed by atoms with Gasteiger partial charge in [0.15, 0.2) is 0 Å². The summed E-state index contributed by atoms with van der Waals surface area (Å²) in [6.45, 7) is 0.246. The maximum absolute atomic E-state index is 13.0. The molecule has 2 aromatic rings. The molecular formula is C17H17ClFNO3. The number of carbonyl (C=O) groups excluding carboxylic acids is 1. The minimum atomic E-state index is -0.488. The highest BCUT2D eigenvalue weighted by Crippen LogP contribution is 2.22. The second-order valence-electron chi connectivity index (χ2n) is 4.84. The maximum Gasteiger partial charge on any atom is 0.252 e. The van der Waals surface area contributed by atoms with Crippen molar-refractivity contribution < 1.29 is 18.7 Å². The normalized spacial score (nSPS) is 11.8. The molecule has 0 aliphatic carbocycles. The Morgan fingerprint density at radius 2 is 2.04 bits per heavy atom. The van der Waals surface area contributed by atoms with Crippen molar-refractivity contribution in [1.82, 2.24) is 5.32 Å². The molecule has 0 fully saturated rings. The van der Waals surface area contributed by atoms with Gasteiger partial charge in [-0.15, -0.1) is 0 Å². The van der Waals surface area contributed by atoms with E-state index in [-0.39, 0.29) is 29.1 Å². The van der Waals surface area contributed by atoms with E-state index in [1.54, 1.807) is 14.2 Å². The van der Waals surface area contributed by atoms with Crippen LogP contribution in [0.15, 0.2) is 42.5 Å². The number of benzene rings is 2. The van der Waals surface area contributed by atoms with Gasteiger partial charge in [0.05, 0.1) is 23.8 Å². The van der Waals surface area contributed by atoms with Gasteiger partial charge in [0.1, 0.15) is 11.6 Å². The van der Waals surface area contributed by atoms with Crippen LogP contribution < -0.4 is 10.1 Å². The van der Waals surface area contributed by atoms with Crippen LogP contribution in [-0.2, 0) is 4.74 Å². The average Bonchev–Trinajstić information content (AvgIpc) is 2.55. The molecule has 0 aliphatic heterocycles. The van der Waals surface area contributed by atoms with Crippen molar-refractivity contribution >= 4 is 17.5 Å². The van der Waals surface area contributed by atoms with Gasteiger partial charge in [-0.25, -0.2) is 4.39 Å². The van der Waals surface area contributed by atoms with Gasteiger partial charge < -0.3 is 14.8 Å². The lowest BCUT2D eigenvalue weighted by molar-refractivity contribution is 0.0827. The van der Waals surface area contributed by atoms with Crippen molar-refractivity contribution in [2.45, 2.75) is 6.10 Å². The van der Waals surface area contributed by atoms with Crippen LogP contribution in [0, 0.1) is 5.82 Å². The number of hydrogen-bond acceptors (Lipinski definition) is 3. The quantitative estimate of drug-likeness (QED) is 0.876. The number of halogens is 2. The molecule has 122 valence electrons. The Kier molecular flexibility index (Phi) is 5.96. The van der Waals surface area contributed by atoms with Gasteiger partial charge in [-0.2, -0.15) is 0 Å². The molecule has 6 heteroatoms. The number of methoxy groups -OCH3 is 2. The van der Waals surface area contributed by atoms with E-state index in [0.29, 0.717) is 5.75 Å². The Labute approximate surface area is 139 Å². The van der Waals surface area contributed by atoms with Crippen molar-refractivity contribution in [3.63, 3.8) is 0 Å². The summed E-state index contributed by atoms with van der Waals surface area (Å²) in [7, 11) is 3.14. The summed E-state index contributed by atoms with van der Waals surface area (Å²) < 4.78 is 23.6. The average molecular weight is 338 g/mol. The van der Waals surface area contributed by atoms with Crippen LogP contribution in [0.25, 0.3) is 0 Å². The van der Waals surface area contributed by atoms with Crippen molar-refractivity contribution in [1.29, 1.82) is 0 Å². The lowest BCUT2D eigenvalue weighted by Crippen LogP contribution is -2.29. The lowest BCUT2D eigenvalue weighted by atomic mass is 10.1. The van der Waals surface area contributed by atoms with E-state index in [4.69, 9.17) is 21.1 Å². The van der Waals surface area contributed by atoms with Crippen LogP contribution in [0.3, 0.4) is 0 Å². The highest BCUT2D eigenvalue weighted by atomic mass is 35.5. The predicted molar refractivity (Wildman–Crippen MR) is 86.5 cm³/mol. The second-order valence-corrected chi connectivity index (χ2v) is 5.24. The molecule has 1 amide bonds. The van der Waals surface area contributed by atoms with Crippen LogP contribution in [0.2, 0.25) is 5.02 Å². The molecular weight excluding hydrogens is 321 g/mol. The number of hydrogen-bond donors (Lipinski definition) is 1. The van der Waals surface area contributed by atoms with Gasteiger partial charge in [-0.1, -0.05) is 23.7 Å². The first-order valence-electron chi connectivity index (χ1n) is 6.95. The monoisotopic (exact) mass is 337 g/mol. The molecule has 0 saturated heterocycles. The summed E-state index contributed by atoms with van der Waals surface area (Å²) in [6.07, 6.45) is -0.340. The van der Waals surface area contributed by atoms with E-state index in [0.717, 1.165) is 11.6 Å². The van der Waals surface area contributed by atoms with Crippen molar-refractivity contribution in [3.05, 3.63) is 64.4 Å². The third kappa shape index (κ3) is 4.43. The third-order valence-electron chi connectivity index (χ3n) is 3.37. The Bertz CT molecular complexity index is 693. The van der Waals surface area contributed by atoms with Crippen LogP contribution >= 0.6 is 11.6 Å². The summed E-state index contributed by atoms with van der Waals surface area (Å²) >= 11 is 5.88. The molecule has 2 aromatic carbocycles. The van der Waals surface area contributed by atoms with E-state index < -0.39 is 5.82 Å². The zero-order valence-corrected chi connectivity index (χ0v) is 13.6. The SMILES string of the molecule is COc1cccc([C@H](CNC(=O)c2ccc(F)cc2Cl)OC)c1. The second kappa shape index (κ2) is 7.94. The molecule has 2 rings (SSSR count). The molecule has 23 heavy (non-hydrogen) atoms. The third-order valence-corrected chi connectivity index (χ3v) is 3.69. The first-order valence-corrected chi connectivity index (χ1v) is 7.33. The maximum atomic E-state index is 13.0. The van der Waals surface area contributed by atoms with Crippen LogP contribution in [0.1, 0.15) is 22.0 Å². The number of carbonyl (C=O) groups is 1. The van der Waals surface area contributed by atoms with Crippen molar-refractivity contribution in [3.8, 4) is 5.75 Å². The summed E-state index contributed by atoms with van der Waals surface area (Å²) in [5, 5.41) is 2.80. The summed E-state index contributed by atoms with van der Waals surface area (Å²) in [5.41, 5.74) is 1.09. The fourth-order valence-electron chi connectivity index (χ4n) is 2.13. The zero-order chi connectivity index (χ0) is 16.8. The van der Waals surface area contributed by atoms with Gasteiger partial charge in [-0.05, 0) is 35.9 Å². The Hall–Kier alpha value is -2.11. The largest absolute Gasteiger partial charge is 0.497 e. The molecule has 1 N–H and O–H groups in total. The number of rotatable bonds is 6. The summed E-state index contributed by atoms with van der Waals surface area (Å²) in [4.78, 5) is 12.2. The standard InChI is InChI=1S/C17H17ClFNO3/c1-22-13-5-3-4-11(8-13)16(23-2)10-20-17(21)14-7-6-12(19)9-15(14)18/h3-9,16H,10H2,1-2H3,(H,20,21)/t16-/m0/s1. The lowest BCUT2D eigenvalue weighted by Gasteiger charge is -2.17. The Morgan fingerprint density at radius 3 is 2.70 bits per heavy atom. The molecule has 0 aliphatic rings. The fourth-order valence-corrected chi connectivity index (χ4v) is 2.39. The predicted octanol–water partition coefficient (Wildman–Crippen LogP) is 3.61. The first-order chi connectivity index (χ1) is 11.0. The van der Waals surface area contributed by atoms with Gasteiger partial charge in [0.2, 0.25) is 0 Å². The van der Waals surface area contributed by atoms with Crippen LogP contribution in [0.4, 0.5) is 4.39 Å². The smallest absolute Gasteiger partial charge is 0.252 e. The van der Waals surface area contributed by atoms with Crippen molar-refractivity contribution in [2.75, 3.05) is 20.8 Å². The summed E-state index contributed by atoms with van der Waals surface area (Å²) in [6, 6.07) is 11.0. The molecule has 0 heterocycles. The molecule has 4 nitrogen and oxygen atoms in total. The highest BCUT2D eigenvalue weighted by Gasteiger charge is 2.15. The molecule has 1 atom stereocenters. The number of nitrogens with one attached hydrogen (secondary N) is 1. The minimum Gasteiger partial charge on any atom is -0.497 e. The van der Waals surface area contributed by atoms with Gasteiger partial charge in [0, 0.05) is 13.7 Å². The van der Waals surface area contributed by atoms with E-state index in [1.165, 1.54) is 12.1 Å². The molecule has 0 radical (unpaired) electrons.